The van der Waals surface area contributed by atoms with E-state index >= 15 is 0 Å². The number of rotatable bonds is 8. The first kappa shape index (κ1) is 24.2. The molecule has 4 fully saturated rings. The van der Waals surface area contributed by atoms with E-state index in [1.807, 2.05) is 20.8 Å². The van der Waals surface area contributed by atoms with Crippen LogP contribution in [0, 0.1) is 34.5 Å². The molecule has 4 aliphatic carbocycles. The van der Waals surface area contributed by atoms with Crippen LogP contribution in [-0.2, 0) is 17.7 Å². The van der Waals surface area contributed by atoms with E-state index in [0.29, 0.717) is 31.2 Å². The van der Waals surface area contributed by atoms with Gasteiger partial charge < -0.3 is 22.8 Å². The lowest BCUT2D eigenvalue weighted by Gasteiger charge is -2.61. The van der Waals surface area contributed by atoms with Gasteiger partial charge in [0.15, 0.2) is 0 Å². The minimum absolute atomic E-state index is 0.0680. The molecule has 0 aromatic rings. The highest BCUT2D eigenvalue weighted by molar-refractivity contribution is 6.53. The second-order valence-corrected chi connectivity index (χ2v) is 13.2. The standard InChI is InChI=1S/C25H46O5Si/c1-6-27-31(28-7-2,29-8-3)30-23-12-11-21-20-10-9-18-17-19(26)13-15-24(18,4)22(20)14-16-25(21,23)5/h18-23,26H,6-17H2,1-5H3/t18-,19-,20-,21-,22-,23-,24-,25-/m0/s1. The maximum absolute atomic E-state index is 10.3. The molecule has 0 radical (unpaired) electrons. The maximum Gasteiger partial charge on any atom is 0.679 e. The molecule has 0 saturated heterocycles. The Kier molecular flexibility index (Phi) is 7.28. The Hall–Kier alpha value is 0.0169. The van der Waals surface area contributed by atoms with Crippen molar-refractivity contribution in [1.29, 1.82) is 0 Å². The monoisotopic (exact) mass is 454 g/mol. The summed E-state index contributed by atoms with van der Waals surface area (Å²) in [5.41, 5.74) is 0.602. The van der Waals surface area contributed by atoms with Gasteiger partial charge in [-0.25, -0.2) is 0 Å². The largest absolute Gasteiger partial charge is 0.679 e. The Balaban J connectivity index is 1.53. The van der Waals surface area contributed by atoms with Gasteiger partial charge in [-0.2, -0.15) is 0 Å². The second kappa shape index (κ2) is 9.34. The molecule has 8 atom stereocenters. The number of hydrogen-bond acceptors (Lipinski definition) is 5. The fourth-order valence-electron chi connectivity index (χ4n) is 8.31. The number of aliphatic hydroxyl groups is 1. The van der Waals surface area contributed by atoms with E-state index in [1.54, 1.807) is 0 Å². The molecule has 4 aliphatic rings. The lowest BCUT2D eigenvalue weighted by Crippen LogP contribution is -2.57. The van der Waals surface area contributed by atoms with Gasteiger partial charge in [0.05, 0.1) is 12.2 Å². The molecule has 0 spiro atoms. The van der Waals surface area contributed by atoms with Crippen LogP contribution in [0.3, 0.4) is 0 Å². The van der Waals surface area contributed by atoms with Crippen molar-refractivity contribution in [1.82, 2.24) is 0 Å². The van der Waals surface area contributed by atoms with E-state index < -0.39 is 9.05 Å². The van der Waals surface area contributed by atoms with Crippen molar-refractivity contribution in [2.45, 2.75) is 105 Å². The first-order chi connectivity index (χ1) is 14.8. The van der Waals surface area contributed by atoms with E-state index in [9.17, 15) is 5.11 Å². The van der Waals surface area contributed by atoms with Gasteiger partial charge in [0.25, 0.3) is 0 Å². The molecule has 31 heavy (non-hydrogen) atoms. The van der Waals surface area contributed by atoms with Gasteiger partial charge in [-0.05, 0) is 113 Å². The number of aliphatic hydroxyl groups excluding tert-OH is 1. The van der Waals surface area contributed by atoms with Crippen LogP contribution in [0.25, 0.3) is 0 Å². The average molecular weight is 455 g/mol. The third kappa shape index (κ3) is 4.19. The van der Waals surface area contributed by atoms with Gasteiger partial charge in [-0.15, -0.1) is 0 Å². The summed E-state index contributed by atoms with van der Waals surface area (Å²) in [7, 11) is -3.11. The summed E-state index contributed by atoms with van der Waals surface area (Å²) in [6, 6.07) is 0. The molecule has 0 bridgehead atoms. The molecule has 0 aromatic carbocycles. The summed E-state index contributed by atoms with van der Waals surface area (Å²) >= 11 is 0. The normalized spacial score (nSPS) is 45.1. The minimum Gasteiger partial charge on any atom is -0.393 e. The summed E-state index contributed by atoms with van der Waals surface area (Å²) in [6.45, 7) is 12.7. The molecule has 4 saturated carbocycles. The molecule has 0 aliphatic heterocycles. The predicted molar refractivity (Wildman–Crippen MR) is 123 cm³/mol. The van der Waals surface area contributed by atoms with E-state index in [4.69, 9.17) is 17.7 Å². The van der Waals surface area contributed by atoms with E-state index in [1.165, 1.54) is 38.5 Å². The molecule has 1 N–H and O–H groups in total. The highest BCUT2D eigenvalue weighted by atomic mass is 28.4. The van der Waals surface area contributed by atoms with Gasteiger partial charge in [0.1, 0.15) is 0 Å². The third-order valence-electron chi connectivity index (χ3n) is 9.80. The average Bonchev–Trinajstić information content (AvgIpc) is 3.05. The Bertz CT molecular complexity index is 600. The molecule has 5 nitrogen and oxygen atoms in total. The third-order valence-corrected chi connectivity index (χ3v) is 12.3. The van der Waals surface area contributed by atoms with Crippen molar-refractivity contribution in [3.05, 3.63) is 0 Å². The number of fused-ring (bicyclic) bond motifs is 5. The Labute approximate surface area is 191 Å². The van der Waals surface area contributed by atoms with Gasteiger partial charge in [-0.3, -0.25) is 0 Å². The quantitative estimate of drug-likeness (QED) is 0.503. The summed E-state index contributed by atoms with van der Waals surface area (Å²) in [5.74, 6) is 3.04. The zero-order valence-electron chi connectivity index (χ0n) is 20.5. The molecule has 180 valence electrons. The van der Waals surface area contributed by atoms with E-state index in [-0.39, 0.29) is 17.6 Å². The van der Waals surface area contributed by atoms with E-state index in [0.717, 1.165) is 37.0 Å². The van der Waals surface area contributed by atoms with Crippen LogP contribution in [0.2, 0.25) is 0 Å². The van der Waals surface area contributed by atoms with Crippen molar-refractivity contribution in [2.75, 3.05) is 19.8 Å². The molecule has 6 heteroatoms. The summed E-state index contributed by atoms with van der Waals surface area (Å²) in [5, 5.41) is 10.3. The summed E-state index contributed by atoms with van der Waals surface area (Å²) in [6.07, 6.45) is 10.8. The smallest absolute Gasteiger partial charge is 0.393 e. The lowest BCUT2D eigenvalue weighted by molar-refractivity contribution is -0.143. The Morgan fingerprint density at radius 1 is 0.774 bits per heavy atom. The first-order valence-electron chi connectivity index (χ1n) is 13.1. The highest BCUT2D eigenvalue weighted by Crippen LogP contribution is 2.66. The molecular weight excluding hydrogens is 408 g/mol. The van der Waals surface area contributed by atoms with Crippen LogP contribution >= 0.6 is 0 Å². The van der Waals surface area contributed by atoms with Crippen molar-refractivity contribution in [3.8, 4) is 0 Å². The first-order valence-corrected chi connectivity index (χ1v) is 14.7. The molecule has 4 rings (SSSR count). The van der Waals surface area contributed by atoms with Crippen LogP contribution in [0.1, 0.15) is 92.4 Å². The minimum atomic E-state index is -3.11. The van der Waals surface area contributed by atoms with Crippen LogP contribution in [0.4, 0.5) is 0 Å². The fourth-order valence-corrected chi connectivity index (χ4v) is 10.6. The zero-order valence-corrected chi connectivity index (χ0v) is 21.5. The maximum atomic E-state index is 10.3. The molecular formula is C25H46O5Si. The predicted octanol–water partition coefficient (Wildman–Crippen LogP) is 5.32. The molecule has 0 aromatic heterocycles. The second-order valence-electron chi connectivity index (χ2n) is 11.1. The lowest BCUT2D eigenvalue weighted by atomic mass is 9.45. The Morgan fingerprint density at radius 3 is 2.03 bits per heavy atom. The zero-order chi connectivity index (χ0) is 22.3. The van der Waals surface area contributed by atoms with Crippen molar-refractivity contribution in [3.63, 3.8) is 0 Å². The van der Waals surface area contributed by atoms with Crippen LogP contribution in [0.5, 0.6) is 0 Å². The van der Waals surface area contributed by atoms with Crippen LogP contribution in [0.15, 0.2) is 0 Å². The van der Waals surface area contributed by atoms with Crippen LogP contribution < -0.4 is 0 Å². The van der Waals surface area contributed by atoms with Crippen molar-refractivity contribution >= 4 is 9.05 Å². The van der Waals surface area contributed by atoms with Crippen LogP contribution in [-0.4, -0.2) is 46.2 Å². The molecule has 0 heterocycles. The van der Waals surface area contributed by atoms with Gasteiger partial charge in [-0.1, -0.05) is 13.8 Å². The van der Waals surface area contributed by atoms with Gasteiger partial charge >= 0.3 is 9.05 Å². The topological polar surface area (TPSA) is 57.2 Å². The van der Waals surface area contributed by atoms with Gasteiger partial charge in [0.2, 0.25) is 0 Å². The molecule has 0 unspecified atom stereocenters. The van der Waals surface area contributed by atoms with Gasteiger partial charge in [0, 0.05) is 19.8 Å². The Morgan fingerprint density at radius 2 is 1.39 bits per heavy atom. The fraction of sp³-hybridized carbons (Fsp3) is 1.00. The summed E-state index contributed by atoms with van der Waals surface area (Å²) in [4.78, 5) is 0. The SMILES string of the molecule is CCO[Si](OCC)(OCC)O[C@H]1CC[C@H]2[C@@H]3CC[C@H]4C[C@@H](O)CC[C@]4(C)[C@H]3CC[C@]12C. The van der Waals surface area contributed by atoms with Crippen molar-refractivity contribution in [2.24, 2.45) is 34.5 Å². The van der Waals surface area contributed by atoms with Crippen molar-refractivity contribution < 1.29 is 22.8 Å². The number of hydrogen-bond donors (Lipinski definition) is 1. The highest BCUT2D eigenvalue weighted by Gasteiger charge is 2.62. The summed E-state index contributed by atoms with van der Waals surface area (Å²) < 4.78 is 24.9. The molecule has 0 amide bonds. The van der Waals surface area contributed by atoms with E-state index in [2.05, 4.69) is 13.8 Å².